The van der Waals surface area contributed by atoms with E-state index >= 15 is 0 Å². The Labute approximate surface area is 138 Å². The molecule has 0 aliphatic heterocycles. The number of likely N-dealkylation sites (N-methyl/N-ethyl adjacent to an activating group) is 2. The van der Waals surface area contributed by atoms with E-state index in [0.29, 0.717) is 13.2 Å². The highest BCUT2D eigenvalue weighted by Gasteiger charge is 2.09. The van der Waals surface area contributed by atoms with Gasteiger partial charge in [0, 0.05) is 13.1 Å². The summed E-state index contributed by atoms with van der Waals surface area (Å²) in [5, 5.41) is 0. The van der Waals surface area contributed by atoms with Gasteiger partial charge in [-0.2, -0.15) is 0 Å². The fraction of sp³-hybridized carbons (Fsp3) is 0.571. The van der Waals surface area contributed by atoms with Gasteiger partial charge in [-0.25, -0.2) is 0 Å². The minimum atomic E-state index is 0.652. The number of hydrogen-bond donors (Lipinski definition) is 0. The first kappa shape index (κ1) is 17.8. The molecule has 0 saturated carbocycles. The van der Waals surface area contributed by atoms with Crippen molar-refractivity contribution in [2.75, 3.05) is 54.5 Å². The molecule has 1 aromatic carbocycles. The average Bonchev–Trinajstić information content (AvgIpc) is 2.33. The molecule has 6 heteroatoms. The monoisotopic (exact) mass is 408 g/mol. The van der Waals surface area contributed by atoms with Gasteiger partial charge in [0.2, 0.25) is 0 Å². The number of hydrogen-bond acceptors (Lipinski definition) is 4. The molecule has 20 heavy (non-hydrogen) atoms. The van der Waals surface area contributed by atoms with Crippen LogP contribution < -0.4 is 9.47 Å². The van der Waals surface area contributed by atoms with Crippen molar-refractivity contribution in [3.05, 3.63) is 21.1 Å². The number of benzene rings is 1. The van der Waals surface area contributed by atoms with Gasteiger partial charge in [-0.15, -0.1) is 0 Å². The first-order chi connectivity index (χ1) is 9.40. The predicted molar refractivity (Wildman–Crippen MR) is 89.9 cm³/mol. The molecule has 0 N–H and O–H groups in total. The topological polar surface area (TPSA) is 24.9 Å². The van der Waals surface area contributed by atoms with Crippen LogP contribution in [0.3, 0.4) is 0 Å². The lowest BCUT2D eigenvalue weighted by atomic mass is 10.3. The zero-order valence-corrected chi connectivity index (χ0v) is 15.6. The molecule has 0 unspecified atom stereocenters. The van der Waals surface area contributed by atoms with Crippen molar-refractivity contribution in [2.24, 2.45) is 0 Å². The smallest absolute Gasteiger partial charge is 0.134 e. The van der Waals surface area contributed by atoms with E-state index in [1.165, 1.54) is 0 Å². The Balaban J connectivity index is 2.61. The summed E-state index contributed by atoms with van der Waals surface area (Å²) in [5.74, 6) is 1.64. The van der Waals surface area contributed by atoms with E-state index in [-0.39, 0.29) is 0 Å². The molecule has 0 atom stereocenters. The minimum Gasteiger partial charge on any atom is -0.491 e. The first-order valence-electron chi connectivity index (χ1n) is 6.44. The van der Waals surface area contributed by atoms with Gasteiger partial charge >= 0.3 is 0 Å². The van der Waals surface area contributed by atoms with E-state index in [1.807, 2.05) is 40.3 Å². The molecule has 0 aliphatic carbocycles. The maximum absolute atomic E-state index is 5.74. The maximum atomic E-state index is 5.74. The second-order valence-electron chi connectivity index (χ2n) is 5.02. The Bertz CT molecular complexity index is 386. The molecule has 1 aromatic rings. The SMILES string of the molecule is CN(C)CCOc1cc(Br)c(OCCN(C)C)cc1Br. The highest BCUT2D eigenvalue weighted by Crippen LogP contribution is 2.36. The molecule has 4 nitrogen and oxygen atoms in total. The van der Waals surface area contributed by atoms with Gasteiger partial charge in [-0.05, 0) is 72.2 Å². The molecular formula is C14H22Br2N2O2. The highest BCUT2D eigenvalue weighted by atomic mass is 79.9. The predicted octanol–water partition coefficient (Wildman–Crippen LogP) is 3.09. The van der Waals surface area contributed by atoms with Gasteiger partial charge in [0.05, 0.1) is 8.95 Å². The van der Waals surface area contributed by atoms with Crippen LogP contribution in [-0.4, -0.2) is 64.3 Å². The van der Waals surface area contributed by atoms with Crippen LogP contribution in [0.2, 0.25) is 0 Å². The van der Waals surface area contributed by atoms with E-state index in [1.54, 1.807) is 0 Å². The van der Waals surface area contributed by atoms with E-state index in [2.05, 4.69) is 41.7 Å². The van der Waals surface area contributed by atoms with Crippen molar-refractivity contribution in [1.29, 1.82) is 0 Å². The zero-order chi connectivity index (χ0) is 15.1. The van der Waals surface area contributed by atoms with Crippen molar-refractivity contribution in [3.63, 3.8) is 0 Å². The molecule has 0 heterocycles. The standard InChI is InChI=1S/C14H22Br2N2O2/c1-17(2)5-7-19-13-9-12(16)14(10-11(13)15)20-8-6-18(3)4/h9-10H,5-8H2,1-4H3. The summed E-state index contributed by atoms with van der Waals surface area (Å²) < 4.78 is 13.3. The second-order valence-corrected chi connectivity index (χ2v) is 6.73. The van der Waals surface area contributed by atoms with Crippen molar-refractivity contribution >= 4 is 31.9 Å². The summed E-state index contributed by atoms with van der Waals surface area (Å²) in [6, 6.07) is 3.87. The van der Waals surface area contributed by atoms with Gasteiger partial charge in [0.15, 0.2) is 0 Å². The second kappa shape index (κ2) is 8.87. The Morgan fingerprint density at radius 3 is 1.45 bits per heavy atom. The van der Waals surface area contributed by atoms with Crippen LogP contribution in [-0.2, 0) is 0 Å². The number of nitrogens with zero attached hydrogens (tertiary/aromatic N) is 2. The Morgan fingerprint density at radius 2 is 1.15 bits per heavy atom. The van der Waals surface area contributed by atoms with E-state index < -0.39 is 0 Å². The van der Waals surface area contributed by atoms with E-state index in [0.717, 1.165) is 33.5 Å². The summed E-state index contributed by atoms with van der Waals surface area (Å²) in [4.78, 5) is 4.17. The van der Waals surface area contributed by atoms with Crippen LogP contribution in [0, 0.1) is 0 Å². The van der Waals surface area contributed by atoms with E-state index in [4.69, 9.17) is 9.47 Å². The number of rotatable bonds is 8. The normalized spacial score (nSPS) is 11.2. The van der Waals surface area contributed by atoms with Crippen LogP contribution in [0.25, 0.3) is 0 Å². The Hall–Kier alpha value is -0.300. The van der Waals surface area contributed by atoms with Gasteiger partial charge in [-0.1, -0.05) is 0 Å². The van der Waals surface area contributed by atoms with E-state index in [9.17, 15) is 0 Å². The summed E-state index contributed by atoms with van der Waals surface area (Å²) in [7, 11) is 8.10. The summed E-state index contributed by atoms with van der Waals surface area (Å²) >= 11 is 7.04. The number of ether oxygens (including phenoxy) is 2. The summed E-state index contributed by atoms with van der Waals surface area (Å²) in [6.07, 6.45) is 0. The summed E-state index contributed by atoms with van der Waals surface area (Å²) in [5.41, 5.74) is 0. The molecule has 0 aromatic heterocycles. The first-order valence-corrected chi connectivity index (χ1v) is 8.03. The average molecular weight is 410 g/mol. The Morgan fingerprint density at radius 1 is 0.800 bits per heavy atom. The lowest BCUT2D eigenvalue weighted by molar-refractivity contribution is 0.254. The van der Waals surface area contributed by atoms with Crippen LogP contribution >= 0.6 is 31.9 Å². The van der Waals surface area contributed by atoms with Crippen molar-refractivity contribution in [2.45, 2.75) is 0 Å². The van der Waals surface area contributed by atoms with Gasteiger partial charge < -0.3 is 19.3 Å². The van der Waals surface area contributed by atoms with Crippen LogP contribution in [0.15, 0.2) is 21.1 Å². The molecule has 0 fully saturated rings. The molecule has 0 bridgehead atoms. The molecule has 114 valence electrons. The molecular weight excluding hydrogens is 388 g/mol. The van der Waals surface area contributed by atoms with Gasteiger partial charge in [-0.3, -0.25) is 0 Å². The van der Waals surface area contributed by atoms with Crippen molar-refractivity contribution in [3.8, 4) is 11.5 Å². The maximum Gasteiger partial charge on any atom is 0.134 e. The fourth-order valence-corrected chi connectivity index (χ4v) is 2.28. The lowest BCUT2D eigenvalue weighted by Gasteiger charge is -2.15. The van der Waals surface area contributed by atoms with Crippen molar-refractivity contribution < 1.29 is 9.47 Å². The third-order valence-corrected chi connectivity index (χ3v) is 3.82. The zero-order valence-electron chi connectivity index (χ0n) is 12.4. The summed E-state index contributed by atoms with van der Waals surface area (Å²) in [6.45, 7) is 3.06. The minimum absolute atomic E-state index is 0.652. The number of halogens is 2. The Kier molecular flexibility index (Phi) is 7.87. The van der Waals surface area contributed by atoms with Crippen molar-refractivity contribution in [1.82, 2.24) is 9.80 Å². The third-order valence-electron chi connectivity index (χ3n) is 2.58. The molecule has 0 aliphatic rings. The fourth-order valence-electron chi connectivity index (χ4n) is 1.41. The largest absolute Gasteiger partial charge is 0.491 e. The molecule has 1 rings (SSSR count). The quantitative estimate of drug-likeness (QED) is 0.658. The van der Waals surface area contributed by atoms with Gasteiger partial charge in [0.1, 0.15) is 24.7 Å². The molecule has 0 spiro atoms. The van der Waals surface area contributed by atoms with Crippen LogP contribution in [0.5, 0.6) is 11.5 Å². The van der Waals surface area contributed by atoms with Gasteiger partial charge in [0.25, 0.3) is 0 Å². The lowest BCUT2D eigenvalue weighted by Crippen LogP contribution is -2.20. The molecule has 0 saturated heterocycles. The van der Waals surface area contributed by atoms with Crippen LogP contribution in [0.4, 0.5) is 0 Å². The third kappa shape index (κ3) is 6.43. The highest BCUT2D eigenvalue weighted by molar-refractivity contribution is 9.11. The van der Waals surface area contributed by atoms with Crippen LogP contribution in [0.1, 0.15) is 0 Å². The molecule has 0 amide bonds. The molecule has 0 radical (unpaired) electrons.